The van der Waals surface area contributed by atoms with Gasteiger partial charge in [-0.05, 0) is 37.3 Å². The maximum absolute atomic E-state index is 12.9. The van der Waals surface area contributed by atoms with Gasteiger partial charge >= 0.3 is 6.16 Å². The SMILES string of the molecule is CCOC(=O)Oc1ccc(C(=O)N2CCc3[nH]c4ccccc4c3C2)cc1. The van der Waals surface area contributed by atoms with Gasteiger partial charge in [0, 0.05) is 47.2 Å². The van der Waals surface area contributed by atoms with Crippen LogP contribution in [0.4, 0.5) is 4.79 Å². The van der Waals surface area contributed by atoms with E-state index in [1.54, 1.807) is 31.2 Å². The summed E-state index contributed by atoms with van der Waals surface area (Å²) in [6.07, 6.45) is 0.0549. The fraction of sp³-hybridized carbons (Fsp3) is 0.238. The monoisotopic (exact) mass is 364 g/mol. The van der Waals surface area contributed by atoms with Crippen molar-refractivity contribution in [2.75, 3.05) is 13.2 Å². The predicted molar refractivity (Wildman–Crippen MR) is 101 cm³/mol. The largest absolute Gasteiger partial charge is 0.513 e. The molecule has 0 fully saturated rings. The van der Waals surface area contributed by atoms with Crippen molar-refractivity contribution in [2.45, 2.75) is 19.9 Å². The molecule has 1 N–H and O–H groups in total. The Bertz CT molecular complexity index is 991. The van der Waals surface area contributed by atoms with Gasteiger partial charge in [-0.2, -0.15) is 0 Å². The van der Waals surface area contributed by atoms with Crippen LogP contribution in [0.3, 0.4) is 0 Å². The molecule has 6 heteroatoms. The van der Waals surface area contributed by atoms with Crippen molar-refractivity contribution in [1.29, 1.82) is 0 Å². The van der Waals surface area contributed by atoms with Crippen molar-refractivity contribution in [3.05, 3.63) is 65.4 Å². The summed E-state index contributed by atoms with van der Waals surface area (Å²) < 4.78 is 9.77. The fourth-order valence-corrected chi connectivity index (χ4v) is 3.43. The van der Waals surface area contributed by atoms with E-state index in [1.165, 1.54) is 16.6 Å². The molecule has 0 aliphatic carbocycles. The maximum Gasteiger partial charge on any atom is 0.513 e. The molecular weight excluding hydrogens is 344 g/mol. The minimum absolute atomic E-state index is 0.0337. The predicted octanol–water partition coefficient (Wildman–Crippen LogP) is 3.90. The van der Waals surface area contributed by atoms with Gasteiger partial charge in [0.2, 0.25) is 0 Å². The van der Waals surface area contributed by atoms with Crippen LogP contribution < -0.4 is 4.74 Å². The van der Waals surface area contributed by atoms with E-state index >= 15 is 0 Å². The number of hydrogen-bond donors (Lipinski definition) is 1. The molecule has 0 spiro atoms. The number of amides is 1. The Kier molecular flexibility index (Phi) is 4.54. The molecule has 138 valence electrons. The molecule has 0 bridgehead atoms. The second-order valence-corrected chi connectivity index (χ2v) is 6.41. The van der Waals surface area contributed by atoms with E-state index in [2.05, 4.69) is 17.1 Å². The molecule has 1 amide bonds. The van der Waals surface area contributed by atoms with Gasteiger partial charge in [0.15, 0.2) is 0 Å². The molecule has 0 unspecified atom stereocenters. The first-order valence-corrected chi connectivity index (χ1v) is 8.98. The third kappa shape index (κ3) is 3.38. The number of para-hydroxylation sites is 1. The molecule has 2 heterocycles. The lowest BCUT2D eigenvalue weighted by Gasteiger charge is -2.27. The van der Waals surface area contributed by atoms with Crippen LogP contribution in [-0.4, -0.2) is 35.1 Å². The summed E-state index contributed by atoms with van der Waals surface area (Å²) in [5.74, 6) is 0.316. The van der Waals surface area contributed by atoms with Crippen LogP contribution in [0.15, 0.2) is 48.5 Å². The van der Waals surface area contributed by atoms with Crippen molar-refractivity contribution in [1.82, 2.24) is 9.88 Å². The fourth-order valence-electron chi connectivity index (χ4n) is 3.43. The third-order valence-corrected chi connectivity index (χ3v) is 4.73. The Labute approximate surface area is 156 Å². The number of carbonyl (C=O) groups is 2. The summed E-state index contributed by atoms with van der Waals surface area (Å²) in [7, 11) is 0. The second kappa shape index (κ2) is 7.15. The molecule has 0 saturated carbocycles. The van der Waals surface area contributed by atoms with Crippen molar-refractivity contribution in [2.24, 2.45) is 0 Å². The van der Waals surface area contributed by atoms with Crippen molar-refractivity contribution in [3.63, 3.8) is 0 Å². The number of rotatable bonds is 3. The molecule has 0 saturated heterocycles. The van der Waals surface area contributed by atoms with Gasteiger partial charge in [-0.3, -0.25) is 4.79 Å². The zero-order valence-corrected chi connectivity index (χ0v) is 15.0. The molecule has 1 aromatic heterocycles. The smallest absolute Gasteiger partial charge is 0.434 e. The number of nitrogens with one attached hydrogen (secondary N) is 1. The van der Waals surface area contributed by atoms with E-state index in [9.17, 15) is 9.59 Å². The quantitative estimate of drug-likeness (QED) is 0.565. The second-order valence-electron chi connectivity index (χ2n) is 6.41. The lowest BCUT2D eigenvalue weighted by molar-refractivity contribution is 0.0735. The Hall–Kier alpha value is -3.28. The highest BCUT2D eigenvalue weighted by atomic mass is 16.7. The van der Waals surface area contributed by atoms with E-state index in [1.807, 2.05) is 17.0 Å². The standard InChI is InChI=1S/C21H20N2O4/c1-2-26-21(25)27-15-9-7-14(8-10-15)20(24)23-12-11-19-17(13-23)16-5-3-4-6-18(16)22-19/h3-10,22H,2,11-13H2,1H3. The number of nitrogens with zero attached hydrogens (tertiary/aromatic N) is 1. The van der Waals surface area contributed by atoms with E-state index in [4.69, 9.17) is 9.47 Å². The Morgan fingerprint density at radius 3 is 2.67 bits per heavy atom. The van der Waals surface area contributed by atoms with Gasteiger partial charge in [-0.15, -0.1) is 0 Å². The highest BCUT2D eigenvalue weighted by Gasteiger charge is 2.24. The molecule has 0 radical (unpaired) electrons. The van der Waals surface area contributed by atoms with Gasteiger partial charge in [-0.1, -0.05) is 18.2 Å². The average molecular weight is 364 g/mol. The number of ether oxygens (including phenoxy) is 2. The summed E-state index contributed by atoms with van der Waals surface area (Å²) in [5.41, 5.74) is 4.07. The summed E-state index contributed by atoms with van der Waals surface area (Å²) in [4.78, 5) is 29.5. The Morgan fingerprint density at radius 2 is 1.89 bits per heavy atom. The first-order chi connectivity index (χ1) is 13.2. The van der Waals surface area contributed by atoms with Crippen LogP contribution in [0.1, 0.15) is 28.5 Å². The minimum Gasteiger partial charge on any atom is -0.434 e. The summed E-state index contributed by atoms with van der Waals surface area (Å²) in [5, 5.41) is 1.17. The van der Waals surface area contributed by atoms with Gasteiger partial charge in [0.25, 0.3) is 5.91 Å². The summed E-state index contributed by atoms with van der Waals surface area (Å²) in [6.45, 7) is 3.21. The zero-order chi connectivity index (χ0) is 18.8. The normalized spacial score (nSPS) is 13.3. The van der Waals surface area contributed by atoms with Gasteiger partial charge in [-0.25, -0.2) is 4.79 Å². The van der Waals surface area contributed by atoms with Gasteiger partial charge in [0.05, 0.1) is 6.61 Å². The van der Waals surface area contributed by atoms with Crippen LogP contribution in [-0.2, 0) is 17.7 Å². The van der Waals surface area contributed by atoms with Crippen molar-refractivity contribution in [3.8, 4) is 5.75 Å². The number of aromatic amines is 1. The molecule has 0 atom stereocenters. The molecule has 1 aliphatic heterocycles. The van der Waals surface area contributed by atoms with Gasteiger partial charge in [0.1, 0.15) is 5.75 Å². The maximum atomic E-state index is 12.9. The summed E-state index contributed by atoms with van der Waals surface area (Å²) >= 11 is 0. The average Bonchev–Trinajstić information content (AvgIpc) is 3.06. The van der Waals surface area contributed by atoms with Gasteiger partial charge < -0.3 is 19.4 Å². The third-order valence-electron chi connectivity index (χ3n) is 4.73. The number of H-pyrrole nitrogens is 1. The Morgan fingerprint density at radius 1 is 1.11 bits per heavy atom. The van der Waals surface area contributed by atoms with Crippen LogP contribution in [0.2, 0.25) is 0 Å². The number of benzene rings is 2. The summed E-state index contributed by atoms with van der Waals surface area (Å²) in [6, 6.07) is 14.7. The first kappa shape index (κ1) is 17.1. The Balaban J connectivity index is 1.49. The van der Waals surface area contributed by atoms with Crippen LogP contribution in [0, 0.1) is 0 Å². The highest BCUT2D eigenvalue weighted by molar-refractivity contribution is 5.95. The van der Waals surface area contributed by atoms with Crippen LogP contribution in [0.25, 0.3) is 10.9 Å². The number of hydrogen-bond acceptors (Lipinski definition) is 4. The van der Waals surface area contributed by atoms with Crippen molar-refractivity contribution >= 4 is 23.0 Å². The minimum atomic E-state index is -0.750. The highest BCUT2D eigenvalue weighted by Crippen LogP contribution is 2.28. The topological polar surface area (TPSA) is 71.6 Å². The van der Waals surface area contributed by atoms with E-state index < -0.39 is 6.16 Å². The van der Waals surface area contributed by atoms with E-state index in [0.717, 1.165) is 11.9 Å². The molecule has 3 aromatic rings. The molecule has 27 heavy (non-hydrogen) atoms. The molecular formula is C21H20N2O4. The number of aromatic nitrogens is 1. The molecule has 6 nitrogen and oxygen atoms in total. The molecule has 2 aromatic carbocycles. The molecule has 1 aliphatic rings. The van der Waals surface area contributed by atoms with Crippen LogP contribution in [0.5, 0.6) is 5.75 Å². The lowest BCUT2D eigenvalue weighted by atomic mass is 10.0. The first-order valence-electron chi connectivity index (χ1n) is 8.98. The van der Waals surface area contributed by atoms with E-state index in [-0.39, 0.29) is 12.5 Å². The zero-order valence-electron chi connectivity index (χ0n) is 15.0. The van der Waals surface area contributed by atoms with Crippen LogP contribution >= 0.6 is 0 Å². The number of fused-ring (bicyclic) bond motifs is 3. The molecule has 4 rings (SSSR count). The van der Waals surface area contributed by atoms with E-state index in [0.29, 0.717) is 24.4 Å². The van der Waals surface area contributed by atoms with Crippen molar-refractivity contribution < 1.29 is 19.1 Å². The number of carbonyl (C=O) groups excluding carboxylic acids is 2. The lowest BCUT2D eigenvalue weighted by Crippen LogP contribution is -2.35.